The van der Waals surface area contributed by atoms with Crippen LogP contribution in [-0.4, -0.2) is 44.1 Å². The van der Waals surface area contributed by atoms with Gasteiger partial charge in [-0.05, 0) is 46.9 Å². The topological polar surface area (TPSA) is 96.6 Å². The Hall–Kier alpha value is -1.86. The summed E-state index contributed by atoms with van der Waals surface area (Å²) < 4.78 is 32.2. The number of nitrogens with zero attached hydrogens (tertiary/aromatic N) is 3. The van der Waals surface area contributed by atoms with Crippen LogP contribution in [0.25, 0.3) is 17.3 Å². The van der Waals surface area contributed by atoms with E-state index in [1.54, 1.807) is 0 Å². The van der Waals surface area contributed by atoms with E-state index in [0.29, 0.717) is 17.7 Å². The van der Waals surface area contributed by atoms with Crippen molar-refractivity contribution in [3.8, 4) is 6.07 Å². The standard InChI is InChI=1S/C23H25N3O3S2.Na/c1-26(2)22-10-4-18(5-11-22)14-21(15-24)19-6-8-20(9-7-19)23-16-30(17-25-23)12-3-13-31(27,28)29;/h4-11,14,16-17,30H,3,12-13H2,1-2H3,(H,27,28,29);/q;+1/p-1/b21-14+;. The van der Waals surface area contributed by atoms with Crippen molar-refractivity contribution in [3.05, 3.63) is 70.6 Å². The molecule has 2 aromatic rings. The van der Waals surface area contributed by atoms with Crippen molar-refractivity contribution in [2.24, 2.45) is 4.99 Å². The second-order valence-corrected chi connectivity index (χ2v) is 10.8. The molecule has 1 aliphatic rings. The normalized spacial score (nSPS) is 16.8. The van der Waals surface area contributed by atoms with Gasteiger partial charge in [0.15, 0.2) is 0 Å². The van der Waals surface area contributed by atoms with Crippen LogP contribution in [0.5, 0.6) is 0 Å². The second-order valence-electron chi connectivity index (χ2n) is 7.35. The summed E-state index contributed by atoms with van der Waals surface area (Å²) in [5.41, 5.74) is 7.08. The first-order chi connectivity index (χ1) is 14.7. The smallest absolute Gasteiger partial charge is 0.748 e. The second kappa shape index (κ2) is 11.8. The van der Waals surface area contributed by atoms with Crippen LogP contribution in [0.4, 0.5) is 5.69 Å². The van der Waals surface area contributed by atoms with Gasteiger partial charge in [0, 0.05) is 36.6 Å². The van der Waals surface area contributed by atoms with E-state index in [1.807, 2.05) is 84.6 Å². The molecule has 9 heteroatoms. The zero-order valence-corrected chi connectivity index (χ0v) is 22.1. The largest absolute Gasteiger partial charge is 1.00 e. The minimum atomic E-state index is -4.16. The molecule has 0 aromatic heterocycles. The van der Waals surface area contributed by atoms with Gasteiger partial charge in [-0.15, -0.1) is 0 Å². The molecule has 0 spiro atoms. The average Bonchev–Trinajstić information content (AvgIpc) is 3.20. The molecule has 6 nitrogen and oxygen atoms in total. The Labute approximate surface area is 214 Å². The molecule has 0 N–H and O–H groups in total. The summed E-state index contributed by atoms with van der Waals surface area (Å²) in [6, 6.07) is 17.9. The molecular weight excluding hydrogens is 453 g/mol. The SMILES string of the molecule is CN(C)c1ccc(/C=C(\C#N)c2ccc(C3=C[SH](CCCS(=O)(=O)[O-])C=N3)cc2)cc1.[Na+]. The zero-order chi connectivity index (χ0) is 22.4. The predicted octanol–water partition coefficient (Wildman–Crippen LogP) is 1.10. The molecular formula is C23H24N3NaO3S2. The molecule has 0 radical (unpaired) electrons. The Balaban J connectivity index is 0.00000363. The van der Waals surface area contributed by atoms with Crippen LogP contribution >= 0.6 is 10.9 Å². The fourth-order valence-electron chi connectivity index (χ4n) is 3.09. The van der Waals surface area contributed by atoms with E-state index in [0.717, 1.165) is 28.1 Å². The quantitative estimate of drug-likeness (QED) is 0.202. The minimum Gasteiger partial charge on any atom is -0.748 e. The van der Waals surface area contributed by atoms with Crippen molar-refractivity contribution in [2.45, 2.75) is 6.42 Å². The molecule has 0 bridgehead atoms. The van der Waals surface area contributed by atoms with E-state index in [2.05, 4.69) is 11.1 Å². The third-order valence-electron chi connectivity index (χ3n) is 4.78. The number of hydrogen-bond acceptors (Lipinski definition) is 6. The van der Waals surface area contributed by atoms with Gasteiger partial charge in [-0.2, -0.15) is 16.2 Å². The molecule has 0 saturated heterocycles. The first-order valence-electron chi connectivity index (χ1n) is 9.70. The summed E-state index contributed by atoms with van der Waals surface area (Å²) in [4.78, 5) is 6.46. The molecule has 1 aliphatic heterocycles. The van der Waals surface area contributed by atoms with Crippen LogP contribution in [-0.2, 0) is 10.1 Å². The van der Waals surface area contributed by atoms with Crippen LogP contribution < -0.4 is 34.5 Å². The molecule has 162 valence electrons. The van der Waals surface area contributed by atoms with Gasteiger partial charge in [0.2, 0.25) is 0 Å². The number of thiol groups is 1. The summed E-state index contributed by atoms with van der Waals surface area (Å²) in [7, 11) is -0.847. The van der Waals surface area contributed by atoms with Crippen LogP contribution in [0.15, 0.2) is 58.9 Å². The fourth-order valence-corrected chi connectivity index (χ4v) is 5.44. The predicted molar refractivity (Wildman–Crippen MR) is 130 cm³/mol. The number of aliphatic imine (C=N–C) groups is 1. The Kier molecular flexibility index (Phi) is 9.77. The van der Waals surface area contributed by atoms with Crippen molar-refractivity contribution in [3.63, 3.8) is 0 Å². The van der Waals surface area contributed by atoms with E-state index in [-0.39, 0.29) is 35.3 Å². The van der Waals surface area contributed by atoms with Gasteiger partial charge in [-0.25, -0.2) is 8.42 Å². The van der Waals surface area contributed by atoms with Gasteiger partial charge in [0.25, 0.3) is 0 Å². The van der Waals surface area contributed by atoms with E-state index in [1.165, 1.54) is 0 Å². The summed E-state index contributed by atoms with van der Waals surface area (Å²) in [5, 5.41) is 11.7. The van der Waals surface area contributed by atoms with Crippen molar-refractivity contribution < 1.29 is 42.5 Å². The van der Waals surface area contributed by atoms with Crippen molar-refractivity contribution in [2.75, 3.05) is 30.5 Å². The Morgan fingerprint density at radius 3 is 2.38 bits per heavy atom. The van der Waals surface area contributed by atoms with Crippen LogP contribution in [0.1, 0.15) is 23.1 Å². The molecule has 3 rings (SSSR count). The van der Waals surface area contributed by atoms with Crippen LogP contribution in [0.2, 0.25) is 0 Å². The third-order valence-corrected chi connectivity index (χ3v) is 7.39. The molecule has 0 amide bonds. The number of anilines is 1. The van der Waals surface area contributed by atoms with Crippen molar-refractivity contribution in [1.29, 1.82) is 5.26 Å². The first-order valence-corrected chi connectivity index (χ1v) is 12.9. The van der Waals surface area contributed by atoms with Gasteiger partial charge < -0.3 is 9.45 Å². The van der Waals surface area contributed by atoms with Gasteiger partial charge in [-0.1, -0.05) is 36.4 Å². The summed E-state index contributed by atoms with van der Waals surface area (Å²) in [6.07, 6.45) is 2.21. The van der Waals surface area contributed by atoms with E-state index < -0.39 is 21.0 Å². The molecule has 0 aliphatic carbocycles. The number of rotatable bonds is 8. The Bertz CT molecular complexity index is 1160. The van der Waals surface area contributed by atoms with Crippen LogP contribution in [0.3, 0.4) is 0 Å². The fraction of sp³-hybridized carbons (Fsp3) is 0.217. The summed E-state index contributed by atoms with van der Waals surface area (Å²) in [6.45, 7) is 0. The monoisotopic (exact) mass is 477 g/mol. The maximum Gasteiger partial charge on any atom is 1.00 e. The van der Waals surface area contributed by atoms with Crippen molar-refractivity contribution in [1.82, 2.24) is 0 Å². The maximum absolute atomic E-state index is 10.7. The molecule has 0 saturated carbocycles. The summed E-state index contributed by atoms with van der Waals surface area (Å²) >= 11 is 0. The molecule has 1 unspecified atom stereocenters. The first kappa shape index (κ1) is 26.4. The molecule has 32 heavy (non-hydrogen) atoms. The van der Waals surface area contributed by atoms with E-state index in [4.69, 9.17) is 0 Å². The van der Waals surface area contributed by atoms with Crippen molar-refractivity contribution >= 4 is 49.6 Å². The third kappa shape index (κ3) is 7.62. The Morgan fingerprint density at radius 1 is 1.16 bits per heavy atom. The maximum atomic E-state index is 10.7. The van der Waals surface area contributed by atoms with Gasteiger partial charge in [0.05, 0.1) is 27.5 Å². The number of hydrogen-bond donors (Lipinski definition) is 1. The minimum absolute atomic E-state index is 0. The molecule has 1 heterocycles. The Morgan fingerprint density at radius 2 is 1.81 bits per heavy atom. The number of allylic oxidation sites excluding steroid dienone is 1. The van der Waals surface area contributed by atoms with Gasteiger partial charge >= 0.3 is 29.6 Å². The zero-order valence-electron chi connectivity index (χ0n) is 18.4. The number of nitriles is 1. The number of benzene rings is 2. The molecule has 2 aromatic carbocycles. The van der Waals surface area contributed by atoms with Crippen LogP contribution in [0, 0.1) is 11.3 Å². The van der Waals surface area contributed by atoms with Gasteiger partial charge in [-0.3, -0.25) is 4.99 Å². The molecule has 0 fully saturated rings. The van der Waals surface area contributed by atoms with Gasteiger partial charge in [0.1, 0.15) is 0 Å². The van der Waals surface area contributed by atoms with E-state index >= 15 is 0 Å². The molecule has 1 atom stereocenters. The van der Waals surface area contributed by atoms with E-state index in [9.17, 15) is 18.2 Å². The summed E-state index contributed by atoms with van der Waals surface area (Å²) in [5.74, 6) is 0.300. The average molecular weight is 478 g/mol.